The third kappa shape index (κ3) is 2.58. The number of hydrogen-bond donors (Lipinski definition) is 1. The van der Waals surface area contributed by atoms with Crippen LogP contribution in [0.2, 0.25) is 5.02 Å². The van der Waals surface area contributed by atoms with E-state index in [2.05, 4.69) is 12.2 Å². The van der Waals surface area contributed by atoms with E-state index in [1.165, 1.54) is 6.07 Å². The molecule has 82 valence electrons. The molecule has 1 aromatic carbocycles. The van der Waals surface area contributed by atoms with E-state index in [4.69, 9.17) is 11.6 Å². The van der Waals surface area contributed by atoms with E-state index in [9.17, 15) is 4.39 Å². The molecule has 0 amide bonds. The smallest absolute Gasteiger partial charge is 0.147 e. The van der Waals surface area contributed by atoms with Crippen molar-refractivity contribution in [3.8, 4) is 0 Å². The summed E-state index contributed by atoms with van der Waals surface area (Å²) in [5, 5.41) is 4.21. The lowest BCUT2D eigenvalue weighted by atomic mass is 10.1. The van der Waals surface area contributed by atoms with Crippen molar-refractivity contribution in [2.45, 2.75) is 24.6 Å². The first-order chi connectivity index (χ1) is 7.16. The molecule has 1 saturated heterocycles. The molecule has 2 atom stereocenters. The summed E-state index contributed by atoms with van der Waals surface area (Å²) in [5.41, 5.74) is 0.554. The second-order valence-corrected chi connectivity index (χ2v) is 5.66. The van der Waals surface area contributed by atoms with Crippen LogP contribution < -0.4 is 5.32 Å². The normalized spacial score (nSPS) is 25.5. The lowest BCUT2D eigenvalue weighted by Gasteiger charge is -2.18. The first kappa shape index (κ1) is 11.1. The second kappa shape index (κ2) is 4.62. The zero-order chi connectivity index (χ0) is 10.8. The van der Waals surface area contributed by atoms with E-state index in [1.807, 2.05) is 11.8 Å². The Bertz CT molecular complexity index is 358. The number of anilines is 1. The topological polar surface area (TPSA) is 12.0 Å². The van der Waals surface area contributed by atoms with Gasteiger partial charge in [0.25, 0.3) is 0 Å². The molecular formula is C11H13ClFNS. The van der Waals surface area contributed by atoms with E-state index in [-0.39, 0.29) is 5.82 Å². The molecule has 0 radical (unpaired) electrons. The predicted octanol–water partition coefficient (Wildman–Crippen LogP) is 3.79. The zero-order valence-corrected chi connectivity index (χ0v) is 10.0. The van der Waals surface area contributed by atoms with Crippen LogP contribution in [-0.2, 0) is 0 Å². The first-order valence-electron chi connectivity index (χ1n) is 5.00. The predicted molar refractivity (Wildman–Crippen MR) is 65.4 cm³/mol. The van der Waals surface area contributed by atoms with Crippen LogP contribution in [0.15, 0.2) is 18.2 Å². The van der Waals surface area contributed by atoms with Gasteiger partial charge >= 0.3 is 0 Å². The molecule has 15 heavy (non-hydrogen) atoms. The Morgan fingerprint density at radius 2 is 2.33 bits per heavy atom. The minimum absolute atomic E-state index is 0.272. The highest BCUT2D eigenvalue weighted by Crippen LogP contribution is 2.30. The summed E-state index contributed by atoms with van der Waals surface area (Å²) >= 11 is 7.61. The summed E-state index contributed by atoms with van der Waals surface area (Å²) in [4.78, 5) is 0. The molecule has 1 N–H and O–H groups in total. The van der Waals surface area contributed by atoms with Crippen molar-refractivity contribution in [3.05, 3.63) is 29.0 Å². The molecule has 0 bridgehead atoms. The number of thioether (sulfide) groups is 1. The summed E-state index contributed by atoms with van der Waals surface area (Å²) in [7, 11) is 0. The Kier molecular flexibility index (Phi) is 3.42. The standard InChI is InChI=1S/C11H13ClFNS/c1-7-10(4-5-15-7)14-11-3-2-8(12)6-9(11)13/h2-3,6-7,10,14H,4-5H2,1H3. The molecule has 1 aliphatic heterocycles. The molecule has 0 aromatic heterocycles. The maximum absolute atomic E-state index is 13.5. The van der Waals surface area contributed by atoms with Crippen molar-refractivity contribution in [2.24, 2.45) is 0 Å². The van der Waals surface area contributed by atoms with Crippen molar-refractivity contribution >= 4 is 29.1 Å². The molecule has 1 heterocycles. The number of benzene rings is 1. The fraction of sp³-hybridized carbons (Fsp3) is 0.455. The number of hydrogen-bond acceptors (Lipinski definition) is 2. The summed E-state index contributed by atoms with van der Waals surface area (Å²) in [6.45, 7) is 2.17. The number of rotatable bonds is 2. The average Bonchev–Trinajstić information content (AvgIpc) is 2.57. The van der Waals surface area contributed by atoms with Gasteiger partial charge < -0.3 is 5.32 Å². The van der Waals surface area contributed by atoms with Crippen molar-refractivity contribution in [3.63, 3.8) is 0 Å². The van der Waals surface area contributed by atoms with Gasteiger partial charge in [-0.3, -0.25) is 0 Å². The van der Waals surface area contributed by atoms with Crippen molar-refractivity contribution in [2.75, 3.05) is 11.1 Å². The van der Waals surface area contributed by atoms with Crippen LogP contribution in [0.4, 0.5) is 10.1 Å². The second-order valence-electron chi connectivity index (χ2n) is 3.74. The average molecular weight is 246 g/mol. The van der Waals surface area contributed by atoms with Gasteiger partial charge in [-0.05, 0) is 30.4 Å². The van der Waals surface area contributed by atoms with E-state index < -0.39 is 0 Å². The quantitative estimate of drug-likeness (QED) is 0.851. The number of nitrogens with one attached hydrogen (secondary N) is 1. The SMILES string of the molecule is CC1SCCC1Nc1ccc(Cl)cc1F. The molecule has 0 aliphatic carbocycles. The van der Waals surface area contributed by atoms with Gasteiger partial charge in [-0.15, -0.1) is 0 Å². The molecule has 2 rings (SSSR count). The van der Waals surface area contributed by atoms with Crippen LogP contribution in [0.1, 0.15) is 13.3 Å². The molecule has 1 aromatic rings. The summed E-state index contributed by atoms with van der Waals surface area (Å²) in [5.74, 6) is 0.875. The Labute approximate surface area is 98.4 Å². The zero-order valence-electron chi connectivity index (χ0n) is 8.47. The van der Waals surface area contributed by atoms with Gasteiger partial charge in [0.1, 0.15) is 5.82 Å². The fourth-order valence-electron chi connectivity index (χ4n) is 1.73. The van der Waals surface area contributed by atoms with Gasteiger partial charge in [0, 0.05) is 16.3 Å². The van der Waals surface area contributed by atoms with Crippen molar-refractivity contribution < 1.29 is 4.39 Å². The van der Waals surface area contributed by atoms with Crippen LogP contribution >= 0.6 is 23.4 Å². The van der Waals surface area contributed by atoms with Gasteiger partial charge in [-0.1, -0.05) is 18.5 Å². The summed E-state index contributed by atoms with van der Waals surface area (Å²) in [6.07, 6.45) is 1.09. The molecule has 1 nitrogen and oxygen atoms in total. The van der Waals surface area contributed by atoms with Crippen LogP contribution in [-0.4, -0.2) is 17.0 Å². The van der Waals surface area contributed by atoms with Crippen molar-refractivity contribution in [1.29, 1.82) is 0 Å². The van der Waals surface area contributed by atoms with Crippen molar-refractivity contribution in [1.82, 2.24) is 0 Å². The van der Waals surface area contributed by atoms with Crippen LogP contribution in [0, 0.1) is 5.82 Å². The largest absolute Gasteiger partial charge is 0.379 e. The first-order valence-corrected chi connectivity index (χ1v) is 6.42. The van der Waals surface area contributed by atoms with E-state index in [0.717, 1.165) is 12.2 Å². The molecule has 1 fully saturated rings. The van der Waals surface area contributed by atoms with Gasteiger partial charge in [-0.2, -0.15) is 11.8 Å². The van der Waals surface area contributed by atoms with E-state index in [1.54, 1.807) is 12.1 Å². The number of halogens is 2. The molecule has 4 heteroatoms. The Balaban J connectivity index is 2.10. The minimum atomic E-state index is -0.272. The fourth-order valence-corrected chi connectivity index (χ4v) is 3.08. The van der Waals surface area contributed by atoms with Crippen LogP contribution in [0.25, 0.3) is 0 Å². The van der Waals surface area contributed by atoms with Gasteiger partial charge in [-0.25, -0.2) is 4.39 Å². The van der Waals surface area contributed by atoms with E-state index in [0.29, 0.717) is 22.0 Å². The Hall–Kier alpha value is -0.410. The van der Waals surface area contributed by atoms with E-state index >= 15 is 0 Å². The third-order valence-electron chi connectivity index (χ3n) is 2.65. The highest BCUT2D eigenvalue weighted by molar-refractivity contribution is 8.00. The Morgan fingerprint density at radius 1 is 1.53 bits per heavy atom. The highest BCUT2D eigenvalue weighted by atomic mass is 35.5. The monoisotopic (exact) mass is 245 g/mol. The molecule has 0 saturated carbocycles. The summed E-state index contributed by atoms with van der Waals surface area (Å²) in [6, 6.07) is 5.12. The maximum Gasteiger partial charge on any atom is 0.147 e. The van der Waals surface area contributed by atoms with Crippen LogP contribution in [0.3, 0.4) is 0 Å². The third-order valence-corrected chi connectivity index (χ3v) is 4.21. The van der Waals surface area contributed by atoms with Crippen LogP contribution in [0.5, 0.6) is 0 Å². The molecule has 0 spiro atoms. The molecule has 1 aliphatic rings. The van der Waals surface area contributed by atoms with Gasteiger partial charge in [0.2, 0.25) is 0 Å². The van der Waals surface area contributed by atoms with Gasteiger partial charge in [0.05, 0.1) is 5.69 Å². The lowest BCUT2D eigenvalue weighted by Crippen LogP contribution is -2.25. The summed E-state index contributed by atoms with van der Waals surface area (Å²) < 4.78 is 13.5. The molecule has 2 unspecified atom stereocenters. The Morgan fingerprint density at radius 3 is 2.93 bits per heavy atom. The lowest BCUT2D eigenvalue weighted by molar-refractivity contribution is 0.622. The minimum Gasteiger partial charge on any atom is -0.379 e. The molecular weight excluding hydrogens is 233 g/mol. The van der Waals surface area contributed by atoms with Gasteiger partial charge in [0.15, 0.2) is 0 Å². The highest BCUT2D eigenvalue weighted by Gasteiger charge is 2.24. The maximum atomic E-state index is 13.5.